The van der Waals surface area contributed by atoms with Crippen LogP contribution in [0.5, 0.6) is 0 Å². The number of aromatic nitrogens is 2. The molecule has 2 aliphatic rings. The predicted octanol–water partition coefficient (Wildman–Crippen LogP) is 2.88. The highest BCUT2D eigenvalue weighted by molar-refractivity contribution is 5.94. The molecule has 0 saturated carbocycles. The summed E-state index contributed by atoms with van der Waals surface area (Å²) in [7, 11) is 0. The molecule has 1 aromatic carbocycles. The molecule has 0 radical (unpaired) electrons. The number of nitrogens with zero attached hydrogens (tertiary/aromatic N) is 4. The number of hydrogen-bond acceptors (Lipinski definition) is 4. The fraction of sp³-hybridized carbons (Fsp3) is 0.583. The summed E-state index contributed by atoms with van der Waals surface area (Å²) in [5.41, 5.74) is 4.26. The van der Waals surface area contributed by atoms with Crippen molar-refractivity contribution in [3.63, 3.8) is 0 Å². The number of aliphatic hydroxyl groups is 1. The molecule has 3 heterocycles. The van der Waals surface area contributed by atoms with E-state index < -0.39 is 0 Å². The summed E-state index contributed by atoms with van der Waals surface area (Å²) < 4.78 is 2.09. The highest BCUT2D eigenvalue weighted by Gasteiger charge is 2.32. The fourth-order valence-corrected chi connectivity index (χ4v) is 4.60. The van der Waals surface area contributed by atoms with Crippen LogP contribution in [0.15, 0.2) is 30.3 Å². The molecule has 0 spiro atoms. The molecule has 2 aromatic rings. The van der Waals surface area contributed by atoms with Crippen molar-refractivity contribution in [3.05, 3.63) is 52.8 Å². The van der Waals surface area contributed by atoms with Gasteiger partial charge in [0.05, 0.1) is 6.10 Å². The molecule has 1 saturated heterocycles. The number of likely N-dealkylation sites (tertiary alicyclic amines) is 1. The van der Waals surface area contributed by atoms with E-state index in [0.29, 0.717) is 37.7 Å². The third kappa shape index (κ3) is 4.44. The molecule has 1 atom stereocenters. The van der Waals surface area contributed by atoms with Gasteiger partial charge in [-0.25, -0.2) is 0 Å². The Morgan fingerprint density at radius 3 is 2.63 bits per heavy atom. The minimum Gasteiger partial charge on any atom is -0.393 e. The highest BCUT2D eigenvalue weighted by Crippen LogP contribution is 2.27. The van der Waals surface area contributed by atoms with Crippen molar-refractivity contribution in [2.24, 2.45) is 0 Å². The number of aryl methyl sites for hydroxylation is 2. The third-order valence-corrected chi connectivity index (χ3v) is 6.79. The second kappa shape index (κ2) is 9.31. The summed E-state index contributed by atoms with van der Waals surface area (Å²) >= 11 is 0. The van der Waals surface area contributed by atoms with Gasteiger partial charge in [0.15, 0.2) is 5.69 Å². The van der Waals surface area contributed by atoms with E-state index in [1.165, 1.54) is 11.3 Å². The zero-order chi connectivity index (χ0) is 21.1. The molecular formula is C24H34N4O2. The summed E-state index contributed by atoms with van der Waals surface area (Å²) in [4.78, 5) is 17.7. The van der Waals surface area contributed by atoms with E-state index in [9.17, 15) is 9.90 Å². The first-order valence-electron chi connectivity index (χ1n) is 11.4. The summed E-state index contributed by atoms with van der Waals surface area (Å²) in [6, 6.07) is 11.0. The number of fused-ring (bicyclic) bond motifs is 1. The number of amides is 1. The van der Waals surface area contributed by atoms with Crippen LogP contribution in [-0.2, 0) is 25.9 Å². The van der Waals surface area contributed by atoms with Gasteiger partial charge in [0.2, 0.25) is 0 Å². The lowest BCUT2D eigenvalue weighted by Gasteiger charge is -2.33. The Labute approximate surface area is 179 Å². The Balaban J connectivity index is 1.59. The van der Waals surface area contributed by atoms with Gasteiger partial charge < -0.3 is 10.0 Å². The summed E-state index contributed by atoms with van der Waals surface area (Å²) in [5.74, 6) is 0.0302. The molecule has 0 bridgehead atoms. The molecule has 6 nitrogen and oxygen atoms in total. The van der Waals surface area contributed by atoms with Crippen LogP contribution in [0.25, 0.3) is 0 Å². The lowest BCUT2D eigenvalue weighted by atomic mass is 10.0. The molecule has 4 rings (SSSR count). The number of rotatable bonds is 6. The van der Waals surface area contributed by atoms with Crippen LogP contribution in [0.3, 0.4) is 0 Å². The Morgan fingerprint density at radius 2 is 1.93 bits per heavy atom. The summed E-state index contributed by atoms with van der Waals surface area (Å²) in [5, 5.41) is 14.7. The Morgan fingerprint density at radius 1 is 1.20 bits per heavy atom. The standard InChI is InChI=1S/C24H34N4O2/c1-3-18(2)27-15-12-22-21(17-27)23(24(30)26-13-10-20(29)11-14-26)25-28(22)16-9-19-7-5-4-6-8-19/h4-8,18,20,29H,3,9-17H2,1-2H3. The van der Waals surface area contributed by atoms with Crippen LogP contribution in [0.2, 0.25) is 0 Å². The molecule has 2 aliphatic heterocycles. The van der Waals surface area contributed by atoms with Crippen LogP contribution in [-0.4, -0.2) is 62.4 Å². The maximum atomic E-state index is 13.4. The maximum absolute atomic E-state index is 13.4. The van der Waals surface area contributed by atoms with Crippen LogP contribution in [0.1, 0.15) is 60.4 Å². The minimum absolute atomic E-state index is 0.0302. The summed E-state index contributed by atoms with van der Waals surface area (Å²) in [6.07, 6.45) is 3.97. The molecule has 1 N–H and O–H groups in total. The van der Waals surface area contributed by atoms with Crippen molar-refractivity contribution in [3.8, 4) is 0 Å². The molecule has 162 valence electrons. The van der Waals surface area contributed by atoms with Crippen LogP contribution in [0.4, 0.5) is 0 Å². The van der Waals surface area contributed by atoms with Crippen molar-refractivity contribution in [2.45, 2.75) is 71.2 Å². The monoisotopic (exact) mass is 410 g/mol. The maximum Gasteiger partial charge on any atom is 0.274 e. The van der Waals surface area contributed by atoms with E-state index in [-0.39, 0.29) is 12.0 Å². The van der Waals surface area contributed by atoms with Gasteiger partial charge in [0, 0.05) is 56.4 Å². The number of piperidine rings is 1. The smallest absolute Gasteiger partial charge is 0.274 e. The van der Waals surface area contributed by atoms with Crippen molar-refractivity contribution >= 4 is 5.91 Å². The zero-order valence-corrected chi connectivity index (χ0v) is 18.3. The van der Waals surface area contributed by atoms with Crippen LogP contribution in [0, 0.1) is 0 Å². The molecule has 1 fully saturated rings. The molecule has 6 heteroatoms. The van der Waals surface area contributed by atoms with Gasteiger partial charge in [0.25, 0.3) is 5.91 Å². The third-order valence-electron chi connectivity index (χ3n) is 6.79. The van der Waals surface area contributed by atoms with Gasteiger partial charge in [-0.05, 0) is 38.2 Å². The fourth-order valence-electron chi connectivity index (χ4n) is 4.60. The largest absolute Gasteiger partial charge is 0.393 e. The van der Waals surface area contributed by atoms with E-state index in [1.807, 2.05) is 11.0 Å². The molecule has 0 aliphatic carbocycles. The van der Waals surface area contributed by atoms with Crippen molar-refractivity contribution in [2.75, 3.05) is 19.6 Å². The van der Waals surface area contributed by atoms with Gasteiger partial charge >= 0.3 is 0 Å². The van der Waals surface area contributed by atoms with E-state index in [2.05, 4.69) is 47.7 Å². The Hall–Kier alpha value is -2.18. The van der Waals surface area contributed by atoms with E-state index >= 15 is 0 Å². The first-order chi connectivity index (χ1) is 14.6. The van der Waals surface area contributed by atoms with E-state index in [4.69, 9.17) is 5.10 Å². The van der Waals surface area contributed by atoms with E-state index in [0.717, 1.165) is 44.5 Å². The molecule has 1 aromatic heterocycles. The number of benzene rings is 1. The average Bonchev–Trinajstić information content (AvgIpc) is 3.15. The second-order valence-corrected chi connectivity index (χ2v) is 8.73. The number of carbonyl (C=O) groups excluding carboxylic acids is 1. The molecule has 1 unspecified atom stereocenters. The Bertz CT molecular complexity index is 856. The van der Waals surface area contributed by atoms with Crippen LogP contribution >= 0.6 is 0 Å². The van der Waals surface area contributed by atoms with Crippen molar-refractivity contribution < 1.29 is 9.90 Å². The van der Waals surface area contributed by atoms with E-state index in [1.54, 1.807) is 0 Å². The van der Waals surface area contributed by atoms with Crippen molar-refractivity contribution in [1.82, 2.24) is 19.6 Å². The van der Waals surface area contributed by atoms with Crippen molar-refractivity contribution in [1.29, 1.82) is 0 Å². The minimum atomic E-state index is -0.285. The lowest BCUT2D eigenvalue weighted by Crippen LogP contribution is -2.41. The lowest BCUT2D eigenvalue weighted by molar-refractivity contribution is 0.0538. The summed E-state index contributed by atoms with van der Waals surface area (Å²) in [6.45, 7) is 8.31. The van der Waals surface area contributed by atoms with Gasteiger partial charge in [-0.3, -0.25) is 14.4 Å². The predicted molar refractivity (Wildman–Crippen MR) is 117 cm³/mol. The number of carbonyl (C=O) groups is 1. The van der Waals surface area contributed by atoms with Gasteiger partial charge in [-0.2, -0.15) is 5.10 Å². The SMILES string of the molecule is CCC(C)N1CCc2c(c(C(=O)N3CCC(O)CC3)nn2CCc2ccccc2)C1. The van der Waals surface area contributed by atoms with Gasteiger partial charge in [0.1, 0.15) is 0 Å². The quantitative estimate of drug-likeness (QED) is 0.796. The second-order valence-electron chi connectivity index (χ2n) is 8.73. The number of aliphatic hydroxyl groups excluding tert-OH is 1. The van der Waals surface area contributed by atoms with Crippen LogP contribution < -0.4 is 0 Å². The first kappa shape index (κ1) is 21.1. The zero-order valence-electron chi connectivity index (χ0n) is 18.3. The topological polar surface area (TPSA) is 61.6 Å². The highest BCUT2D eigenvalue weighted by atomic mass is 16.3. The average molecular weight is 411 g/mol. The normalized spacial score (nSPS) is 19.0. The molecule has 1 amide bonds. The number of hydrogen-bond donors (Lipinski definition) is 1. The van der Waals surface area contributed by atoms with Gasteiger partial charge in [-0.1, -0.05) is 37.3 Å². The van der Waals surface area contributed by atoms with Gasteiger partial charge in [-0.15, -0.1) is 0 Å². The molecular weight excluding hydrogens is 376 g/mol. The molecule has 30 heavy (non-hydrogen) atoms. The Kier molecular flexibility index (Phi) is 6.54. The first-order valence-corrected chi connectivity index (χ1v) is 11.4.